The zero-order chi connectivity index (χ0) is 18.9. The van der Waals surface area contributed by atoms with Gasteiger partial charge < -0.3 is 10.6 Å². The fourth-order valence-corrected chi connectivity index (χ4v) is 3.02. The van der Waals surface area contributed by atoms with Crippen LogP contribution in [0.2, 0.25) is 0 Å². The van der Waals surface area contributed by atoms with Crippen molar-refractivity contribution in [1.29, 1.82) is 0 Å². The van der Waals surface area contributed by atoms with E-state index in [0.717, 1.165) is 11.4 Å². The minimum atomic E-state index is -0.613. The number of carbonyl (C=O) groups is 2. The molecule has 0 bridgehead atoms. The molecule has 138 valence electrons. The van der Waals surface area contributed by atoms with Gasteiger partial charge in [-0.05, 0) is 44.0 Å². The third-order valence-electron chi connectivity index (χ3n) is 4.40. The van der Waals surface area contributed by atoms with Crippen molar-refractivity contribution in [2.45, 2.75) is 32.2 Å². The average molecular weight is 355 g/mol. The zero-order valence-corrected chi connectivity index (χ0v) is 14.8. The minimum Gasteiger partial charge on any atom is -0.369 e. The predicted molar refractivity (Wildman–Crippen MR) is 101 cm³/mol. The van der Waals surface area contributed by atoms with E-state index in [2.05, 4.69) is 11.8 Å². The second kappa shape index (κ2) is 9.58. The van der Waals surface area contributed by atoms with Crippen molar-refractivity contribution in [3.05, 3.63) is 60.7 Å². The van der Waals surface area contributed by atoms with Crippen LogP contribution in [0.5, 0.6) is 0 Å². The quantitative estimate of drug-likeness (QED) is 0.476. The number of anilines is 2. The second-order valence-corrected chi connectivity index (χ2v) is 6.31. The maximum atomic E-state index is 11.6. The Morgan fingerprint density at radius 1 is 1.00 bits per heavy atom. The number of benzene rings is 2. The Hall–Kier alpha value is -2.86. The summed E-state index contributed by atoms with van der Waals surface area (Å²) >= 11 is 0. The summed E-state index contributed by atoms with van der Waals surface area (Å²) in [5.41, 5.74) is 9.07. The summed E-state index contributed by atoms with van der Waals surface area (Å²) in [6.07, 6.45) is 1.01. The number of rotatable bonds is 9. The van der Waals surface area contributed by atoms with Crippen molar-refractivity contribution in [3.63, 3.8) is 0 Å². The number of amides is 2. The highest BCUT2D eigenvalue weighted by molar-refractivity contribution is 5.84. The lowest BCUT2D eigenvalue weighted by atomic mass is 9.95. The topological polar surface area (TPSA) is 95.7 Å². The number of nitrogens with one attached hydrogen (secondary N) is 1. The van der Waals surface area contributed by atoms with E-state index in [1.807, 2.05) is 60.7 Å². The molecule has 0 aromatic heterocycles. The number of primary amides is 1. The van der Waals surface area contributed by atoms with E-state index in [0.29, 0.717) is 12.8 Å². The van der Waals surface area contributed by atoms with E-state index < -0.39 is 17.7 Å². The standard InChI is InChI=1S/C20H25N3O3/c1-15(12-13-16(20(21)25)14-19(24)22-26)23(17-8-4-2-5-9-17)18-10-6-3-7-11-18/h2-11,15-16,26H,12-14H2,1H3,(H2,21,25)(H,22,24). The number of nitrogens with two attached hydrogens (primary N) is 1. The van der Waals surface area contributed by atoms with Gasteiger partial charge in [-0.2, -0.15) is 0 Å². The van der Waals surface area contributed by atoms with Crippen molar-refractivity contribution >= 4 is 23.2 Å². The molecule has 0 spiro atoms. The molecule has 0 aliphatic carbocycles. The maximum absolute atomic E-state index is 11.6. The molecule has 0 aliphatic rings. The Morgan fingerprint density at radius 3 is 1.92 bits per heavy atom. The third-order valence-corrected chi connectivity index (χ3v) is 4.40. The highest BCUT2D eigenvalue weighted by Crippen LogP contribution is 2.29. The second-order valence-electron chi connectivity index (χ2n) is 6.31. The number of hydroxylamine groups is 1. The molecule has 2 atom stereocenters. The van der Waals surface area contributed by atoms with Crippen LogP contribution in [0.4, 0.5) is 11.4 Å². The number of nitrogens with zero attached hydrogens (tertiary/aromatic N) is 1. The van der Waals surface area contributed by atoms with Gasteiger partial charge in [0.25, 0.3) is 0 Å². The Labute approximate surface area is 153 Å². The van der Waals surface area contributed by atoms with E-state index in [1.54, 1.807) is 5.48 Å². The summed E-state index contributed by atoms with van der Waals surface area (Å²) in [4.78, 5) is 25.2. The van der Waals surface area contributed by atoms with Gasteiger partial charge in [0, 0.05) is 29.8 Å². The van der Waals surface area contributed by atoms with Crippen LogP contribution in [0.15, 0.2) is 60.7 Å². The van der Waals surface area contributed by atoms with Crippen LogP contribution in [0.3, 0.4) is 0 Å². The Bertz CT molecular complexity index is 667. The molecule has 0 aliphatic heterocycles. The molecule has 0 heterocycles. The molecule has 2 rings (SSSR count). The SMILES string of the molecule is CC(CCC(CC(=O)NO)C(N)=O)N(c1ccccc1)c1ccccc1. The van der Waals surface area contributed by atoms with Gasteiger partial charge in [0.1, 0.15) is 0 Å². The Morgan fingerprint density at radius 2 is 1.50 bits per heavy atom. The van der Waals surface area contributed by atoms with Crippen molar-refractivity contribution in [1.82, 2.24) is 5.48 Å². The highest BCUT2D eigenvalue weighted by atomic mass is 16.5. The fraction of sp³-hybridized carbons (Fsp3) is 0.300. The van der Waals surface area contributed by atoms with Crippen LogP contribution in [-0.2, 0) is 9.59 Å². The van der Waals surface area contributed by atoms with Gasteiger partial charge in [0.2, 0.25) is 11.8 Å². The molecule has 0 saturated carbocycles. The van der Waals surface area contributed by atoms with Gasteiger partial charge in [0.05, 0.1) is 0 Å². The molecule has 2 unspecified atom stereocenters. The lowest BCUT2D eigenvalue weighted by molar-refractivity contribution is -0.133. The molecule has 2 aromatic rings. The van der Waals surface area contributed by atoms with Gasteiger partial charge in [-0.15, -0.1) is 0 Å². The number of para-hydroxylation sites is 2. The number of carbonyl (C=O) groups excluding carboxylic acids is 2. The molecular weight excluding hydrogens is 330 g/mol. The number of hydrogen-bond donors (Lipinski definition) is 3. The molecule has 2 aromatic carbocycles. The summed E-state index contributed by atoms with van der Waals surface area (Å²) in [5.74, 6) is -1.76. The Balaban J connectivity index is 2.15. The van der Waals surface area contributed by atoms with E-state index >= 15 is 0 Å². The zero-order valence-electron chi connectivity index (χ0n) is 14.8. The molecular formula is C20H25N3O3. The lowest BCUT2D eigenvalue weighted by Crippen LogP contribution is -2.33. The smallest absolute Gasteiger partial charge is 0.244 e. The van der Waals surface area contributed by atoms with Crippen LogP contribution in [-0.4, -0.2) is 23.1 Å². The fourth-order valence-electron chi connectivity index (χ4n) is 3.02. The maximum Gasteiger partial charge on any atom is 0.244 e. The van der Waals surface area contributed by atoms with Crippen molar-refractivity contribution in [3.8, 4) is 0 Å². The first-order chi connectivity index (χ1) is 12.5. The van der Waals surface area contributed by atoms with Gasteiger partial charge in [-0.1, -0.05) is 36.4 Å². The van der Waals surface area contributed by atoms with E-state index in [4.69, 9.17) is 10.9 Å². The van der Waals surface area contributed by atoms with Gasteiger partial charge >= 0.3 is 0 Å². The summed E-state index contributed by atoms with van der Waals surface area (Å²) in [6, 6.07) is 20.1. The average Bonchev–Trinajstić information content (AvgIpc) is 2.66. The third kappa shape index (κ3) is 5.32. The first kappa shape index (κ1) is 19.5. The van der Waals surface area contributed by atoms with Gasteiger partial charge in [-0.25, -0.2) is 5.48 Å². The van der Waals surface area contributed by atoms with Crippen LogP contribution in [0.25, 0.3) is 0 Å². The molecule has 2 amide bonds. The van der Waals surface area contributed by atoms with Crippen LogP contribution >= 0.6 is 0 Å². The molecule has 6 nitrogen and oxygen atoms in total. The van der Waals surface area contributed by atoms with Crippen molar-refractivity contribution < 1.29 is 14.8 Å². The first-order valence-corrected chi connectivity index (χ1v) is 8.64. The summed E-state index contributed by atoms with van der Waals surface area (Å²) in [7, 11) is 0. The normalized spacial score (nSPS) is 12.8. The van der Waals surface area contributed by atoms with Crippen LogP contribution in [0.1, 0.15) is 26.2 Å². The summed E-state index contributed by atoms with van der Waals surface area (Å²) in [5, 5.41) is 8.67. The lowest BCUT2D eigenvalue weighted by Gasteiger charge is -2.32. The first-order valence-electron chi connectivity index (χ1n) is 8.64. The van der Waals surface area contributed by atoms with E-state index in [-0.39, 0.29) is 12.5 Å². The molecule has 0 saturated heterocycles. The molecule has 4 N–H and O–H groups in total. The molecule has 0 radical (unpaired) electrons. The van der Waals surface area contributed by atoms with Crippen LogP contribution in [0, 0.1) is 5.92 Å². The molecule has 26 heavy (non-hydrogen) atoms. The van der Waals surface area contributed by atoms with Crippen LogP contribution < -0.4 is 16.1 Å². The van der Waals surface area contributed by atoms with E-state index in [9.17, 15) is 9.59 Å². The summed E-state index contributed by atoms with van der Waals surface area (Å²) in [6.45, 7) is 2.07. The highest BCUT2D eigenvalue weighted by Gasteiger charge is 2.23. The predicted octanol–water partition coefficient (Wildman–Crippen LogP) is 2.99. The number of hydrogen-bond acceptors (Lipinski definition) is 4. The monoisotopic (exact) mass is 355 g/mol. The largest absolute Gasteiger partial charge is 0.369 e. The molecule has 6 heteroatoms. The van der Waals surface area contributed by atoms with Crippen molar-refractivity contribution in [2.24, 2.45) is 11.7 Å². The molecule has 0 fully saturated rings. The minimum absolute atomic E-state index is 0.0823. The Kier molecular flexibility index (Phi) is 7.17. The van der Waals surface area contributed by atoms with Gasteiger partial charge in [-0.3, -0.25) is 14.8 Å². The summed E-state index contributed by atoms with van der Waals surface area (Å²) < 4.78 is 0. The van der Waals surface area contributed by atoms with Gasteiger partial charge in [0.15, 0.2) is 0 Å². The van der Waals surface area contributed by atoms with E-state index in [1.165, 1.54) is 0 Å². The van der Waals surface area contributed by atoms with Crippen molar-refractivity contribution in [2.75, 3.05) is 4.90 Å².